The number of carbonyl (C=O) groups is 9. The molecule has 3 N–H and O–H groups in total. The predicted octanol–water partition coefficient (Wildman–Crippen LogP) is 5.23. The first-order valence-corrected chi connectivity index (χ1v) is 26.2. The third-order valence-electron chi connectivity index (χ3n) is 11.0. The summed E-state index contributed by atoms with van der Waals surface area (Å²) in [5.74, 6) is -7.71. The van der Waals surface area contributed by atoms with Crippen molar-refractivity contribution in [3.8, 4) is 0 Å². The van der Waals surface area contributed by atoms with E-state index in [9.17, 15) is 43.2 Å². The molecule has 0 saturated carbocycles. The minimum absolute atomic E-state index is 0.0310. The summed E-state index contributed by atoms with van der Waals surface area (Å²) in [5, 5.41) is 7.14. The van der Waals surface area contributed by atoms with Crippen molar-refractivity contribution in [3.05, 3.63) is 106 Å². The first-order chi connectivity index (χ1) is 38.3. The quantitative estimate of drug-likeness (QED) is 0.0439. The number of alkyl carbamates (subject to hydrolysis) is 3. The molecule has 0 fully saturated rings. The van der Waals surface area contributed by atoms with Crippen molar-refractivity contribution in [1.29, 1.82) is 0 Å². The van der Waals surface area contributed by atoms with Crippen molar-refractivity contribution in [1.82, 2.24) is 29.7 Å². The SMILES string of the molecule is C=CC(=O)OC(C(NC(=O)OCCC)C(CCC)OC(=O)C(=C)C)n1c(=O)n(C(OC(=O)C=C)C(NC(=O)OCCC)C(CCC)OC(=O)C(=C)C)c(=O)n(C(OC(=O)C=C)C(NC(=O)OCCC)C(CCC)OC(=O)C(=C)C)c1=O. The van der Waals surface area contributed by atoms with Gasteiger partial charge in [-0.05, 0) is 59.3 Å². The third kappa shape index (κ3) is 21.6. The highest BCUT2D eigenvalue weighted by Crippen LogP contribution is 2.27. The van der Waals surface area contributed by atoms with Gasteiger partial charge in [0.2, 0.25) is 18.7 Å². The van der Waals surface area contributed by atoms with Gasteiger partial charge in [-0.15, -0.1) is 0 Å². The van der Waals surface area contributed by atoms with E-state index in [0.29, 0.717) is 18.2 Å². The van der Waals surface area contributed by atoms with E-state index < -0.39 is 126 Å². The normalized spacial score (nSPS) is 14.0. The first-order valence-electron chi connectivity index (χ1n) is 26.2. The van der Waals surface area contributed by atoms with Gasteiger partial charge in [0.25, 0.3) is 0 Å². The smallest absolute Gasteiger partial charge is 0.407 e. The summed E-state index contributed by atoms with van der Waals surface area (Å²) < 4.78 is 50.4. The minimum Gasteiger partial charge on any atom is -0.457 e. The second-order valence-electron chi connectivity index (χ2n) is 18.0. The monoisotopic (exact) mass is 1150 g/mol. The average molecular weight is 1150 g/mol. The Morgan fingerprint density at radius 1 is 0.407 bits per heavy atom. The van der Waals surface area contributed by atoms with Gasteiger partial charge in [0.15, 0.2) is 0 Å². The lowest BCUT2D eigenvalue weighted by molar-refractivity contribution is -0.161. The van der Waals surface area contributed by atoms with Crippen molar-refractivity contribution in [3.63, 3.8) is 0 Å². The maximum Gasteiger partial charge on any atom is 0.407 e. The number of aromatic nitrogens is 3. The summed E-state index contributed by atoms with van der Waals surface area (Å²) >= 11 is 0. The molecule has 1 rings (SSSR count). The molecule has 9 atom stereocenters. The molecule has 3 amide bonds. The molecule has 81 heavy (non-hydrogen) atoms. The highest BCUT2D eigenvalue weighted by Gasteiger charge is 2.47. The van der Waals surface area contributed by atoms with E-state index in [1.54, 1.807) is 41.5 Å². The second kappa shape index (κ2) is 35.9. The van der Waals surface area contributed by atoms with Crippen LogP contribution in [0.4, 0.5) is 14.4 Å². The van der Waals surface area contributed by atoms with Crippen molar-refractivity contribution >= 4 is 54.1 Å². The Morgan fingerprint density at radius 2 is 0.630 bits per heavy atom. The molecule has 0 aliphatic rings. The Bertz CT molecular complexity index is 2340. The van der Waals surface area contributed by atoms with Gasteiger partial charge in [-0.25, -0.2) is 71.2 Å². The van der Waals surface area contributed by atoms with Gasteiger partial charge in [-0.1, -0.05) is 100 Å². The van der Waals surface area contributed by atoms with E-state index >= 15 is 14.4 Å². The molecule has 27 nitrogen and oxygen atoms in total. The molecular formula is C54H78N6O21. The second-order valence-corrected chi connectivity index (χ2v) is 18.0. The lowest BCUT2D eigenvalue weighted by Gasteiger charge is -2.37. The lowest BCUT2D eigenvalue weighted by Crippen LogP contribution is -2.66. The van der Waals surface area contributed by atoms with Crippen LogP contribution < -0.4 is 33.0 Å². The fraction of sp³-hybridized carbons (Fsp3) is 0.556. The van der Waals surface area contributed by atoms with Crippen LogP contribution in [-0.4, -0.2) is 124 Å². The number of carbonyl (C=O) groups excluding carboxylic acids is 9. The van der Waals surface area contributed by atoms with E-state index in [1.165, 1.54) is 20.8 Å². The molecule has 0 aromatic carbocycles. The van der Waals surface area contributed by atoms with Crippen LogP contribution in [0.25, 0.3) is 0 Å². The van der Waals surface area contributed by atoms with Crippen LogP contribution in [0.2, 0.25) is 0 Å². The van der Waals surface area contributed by atoms with Crippen molar-refractivity contribution in [2.75, 3.05) is 19.8 Å². The topological polar surface area (TPSA) is 339 Å². The number of esters is 6. The molecule has 0 radical (unpaired) electrons. The van der Waals surface area contributed by atoms with Gasteiger partial charge in [0.05, 0.1) is 19.8 Å². The van der Waals surface area contributed by atoms with E-state index in [0.717, 1.165) is 0 Å². The van der Waals surface area contributed by atoms with E-state index in [4.69, 9.17) is 42.6 Å². The zero-order valence-corrected chi connectivity index (χ0v) is 47.6. The molecule has 0 aliphatic heterocycles. The predicted molar refractivity (Wildman–Crippen MR) is 290 cm³/mol. The molecule has 0 aliphatic carbocycles. The Balaban J connectivity index is 5.61. The number of hydrogen-bond acceptors (Lipinski definition) is 21. The lowest BCUT2D eigenvalue weighted by atomic mass is 10.0. The van der Waals surface area contributed by atoms with Crippen LogP contribution in [0.3, 0.4) is 0 Å². The van der Waals surface area contributed by atoms with Crippen LogP contribution in [0, 0.1) is 0 Å². The summed E-state index contributed by atoms with van der Waals surface area (Å²) in [6, 6.07) is -6.46. The van der Waals surface area contributed by atoms with Crippen LogP contribution in [0.15, 0.2) is 88.8 Å². The van der Waals surface area contributed by atoms with Crippen LogP contribution in [-0.2, 0) is 71.4 Å². The van der Waals surface area contributed by atoms with Crippen molar-refractivity contribution < 1.29 is 85.8 Å². The first kappa shape index (κ1) is 70.5. The number of nitrogens with one attached hydrogen (secondary N) is 3. The molecule has 1 heterocycles. The Kier molecular flexibility index (Phi) is 31.2. The van der Waals surface area contributed by atoms with Gasteiger partial charge < -0.3 is 58.6 Å². The van der Waals surface area contributed by atoms with Gasteiger partial charge in [-0.2, -0.15) is 0 Å². The highest BCUT2D eigenvalue weighted by molar-refractivity contribution is 5.88. The number of rotatable bonds is 36. The number of amides is 3. The van der Waals surface area contributed by atoms with Gasteiger partial charge in [-0.3, -0.25) is 0 Å². The maximum absolute atomic E-state index is 16.0. The maximum atomic E-state index is 16.0. The average Bonchev–Trinajstić information content (AvgIpc) is 3.56. The van der Waals surface area contributed by atoms with Gasteiger partial charge in [0.1, 0.15) is 36.4 Å². The van der Waals surface area contributed by atoms with Crippen molar-refractivity contribution in [2.45, 2.75) is 175 Å². The Hall–Kier alpha value is -8.52. The van der Waals surface area contributed by atoms with Crippen LogP contribution in [0.1, 0.15) is 139 Å². The van der Waals surface area contributed by atoms with E-state index in [2.05, 4.69) is 55.4 Å². The number of hydrogen-bond donors (Lipinski definition) is 3. The molecule has 0 bridgehead atoms. The summed E-state index contributed by atoms with van der Waals surface area (Å²) in [4.78, 5) is 171. The summed E-state index contributed by atoms with van der Waals surface area (Å²) in [7, 11) is 0. The van der Waals surface area contributed by atoms with Gasteiger partial charge in [0, 0.05) is 34.9 Å². The van der Waals surface area contributed by atoms with E-state index in [1.807, 2.05) is 0 Å². The van der Waals surface area contributed by atoms with Crippen LogP contribution in [0.5, 0.6) is 0 Å². The molecule has 450 valence electrons. The zero-order valence-electron chi connectivity index (χ0n) is 47.6. The molecule has 9 unspecified atom stereocenters. The van der Waals surface area contributed by atoms with E-state index in [-0.39, 0.29) is 108 Å². The third-order valence-corrected chi connectivity index (χ3v) is 11.0. The number of nitrogens with zero attached hydrogens (tertiary/aromatic N) is 3. The molecular weight excluding hydrogens is 1070 g/mol. The minimum atomic E-state index is -2.69. The standard InChI is InChI=1S/C54H78N6O21/c1-16-25-34(76-46(64)31(10)11)40(55-49(67)73-28-19-4)43(79-37(61)22-7)58-52(70)59(44(80-38(62)23-8)41(56-50(68)74-29-20-5)35(26-17-2)77-47(65)32(12)13)54(72)60(53(58)71)45(81-39(63)24-9)42(57-51(69)75-30-21-6)36(27-18-3)78-48(66)33(14)15/h22-24,34-36,40-45H,7-10,12,14,16-21,25-30H2,1-6,11,13,15H3,(H,55,67)(H,56,68)(H,57,69). The van der Waals surface area contributed by atoms with Crippen LogP contribution >= 0.6 is 0 Å². The summed E-state index contributed by atoms with van der Waals surface area (Å²) in [5.41, 5.74) is -6.50. The molecule has 0 spiro atoms. The number of ether oxygens (including phenoxy) is 9. The molecule has 27 heteroatoms. The van der Waals surface area contributed by atoms with Crippen molar-refractivity contribution in [2.24, 2.45) is 0 Å². The highest BCUT2D eigenvalue weighted by atomic mass is 16.6. The zero-order chi connectivity index (χ0) is 61.7. The largest absolute Gasteiger partial charge is 0.457 e. The molecule has 1 aromatic heterocycles. The molecule has 1 aromatic rings. The molecule has 0 saturated heterocycles. The van der Waals surface area contributed by atoms with Gasteiger partial charge >= 0.3 is 71.2 Å². The Morgan fingerprint density at radius 3 is 0.802 bits per heavy atom. The fourth-order valence-corrected chi connectivity index (χ4v) is 7.27. The fourth-order valence-electron chi connectivity index (χ4n) is 7.27. The summed E-state index contributed by atoms with van der Waals surface area (Å²) in [6.45, 7) is 33.7. The Labute approximate surface area is 469 Å². The summed E-state index contributed by atoms with van der Waals surface area (Å²) in [6.07, 6.45) is -15.5.